The lowest BCUT2D eigenvalue weighted by Crippen LogP contribution is -2.43. The van der Waals surface area contributed by atoms with E-state index in [4.69, 9.17) is 0 Å². The van der Waals surface area contributed by atoms with Gasteiger partial charge in [-0.25, -0.2) is 4.79 Å². The predicted octanol–water partition coefficient (Wildman–Crippen LogP) is 3.57. The van der Waals surface area contributed by atoms with E-state index in [1.165, 1.54) is 4.90 Å². The van der Waals surface area contributed by atoms with Gasteiger partial charge in [-0.15, -0.1) is 0 Å². The number of likely N-dealkylation sites (N-methyl/N-ethyl adjacent to an activating group) is 1. The van der Waals surface area contributed by atoms with Crippen LogP contribution in [0.3, 0.4) is 0 Å². The predicted molar refractivity (Wildman–Crippen MR) is 119 cm³/mol. The maximum absolute atomic E-state index is 13.2. The zero-order valence-electron chi connectivity index (χ0n) is 17.9. The van der Waals surface area contributed by atoms with E-state index in [-0.39, 0.29) is 12.5 Å². The van der Waals surface area contributed by atoms with Crippen molar-refractivity contribution in [3.05, 3.63) is 83.4 Å². The number of fused-ring (bicyclic) bond motifs is 1. The second kappa shape index (κ2) is 7.87. The quantitative estimate of drug-likeness (QED) is 0.648. The van der Waals surface area contributed by atoms with Crippen LogP contribution in [-0.4, -0.2) is 41.2 Å². The van der Waals surface area contributed by atoms with Gasteiger partial charge in [-0.1, -0.05) is 66.2 Å². The van der Waals surface area contributed by atoms with Crippen LogP contribution in [0.1, 0.15) is 23.6 Å². The fraction of sp³-hybridized carbons (Fsp3) is 0.240. The minimum atomic E-state index is -1.21. The number of nitrogens with zero attached hydrogens (tertiary/aromatic N) is 2. The van der Waals surface area contributed by atoms with Crippen molar-refractivity contribution in [1.29, 1.82) is 0 Å². The van der Waals surface area contributed by atoms with Crippen LogP contribution in [-0.2, 0) is 21.7 Å². The second-order valence-electron chi connectivity index (χ2n) is 8.24. The molecule has 4 rings (SSSR count). The summed E-state index contributed by atoms with van der Waals surface area (Å²) < 4.78 is 0. The van der Waals surface area contributed by atoms with Crippen LogP contribution < -0.4 is 5.32 Å². The summed E-state index contributed by atoms with van der Waals surface area (Å²) in [6.45, 7) is 3.79. The van der Waals surface area contributed by atoms with Gasteiger partial charge in [0.25, 0.3) is 5.91 Å². The van der Waals surface area contributed by atoms with Crippen molar-refractivity contribution in [2.75, 3.05) is 13.6 Å². The minimum Gasteiger partial charge on any atom is -0.340 e. The van der Waals surface area contributed by atoms with Gasteiger partial charge in [-0.2, -0.15) is 0 Å². The zero-order chi connectivity index (χ0) is 22.2. The average molecular weight is 415 g/mol. The van der Waals surface area contributed by atoms with Gasteiger partial charge < -0.3 is 10.2 Å². The number of aryl methyl sites for hydroxylation is 1. The minimum absolute atomic E-state index is 0.295. The Labute approximate surface area is 181 Å². The lowest BCUT2D eigenvalue weighted by Gasteiger charge is -2.23. The molecule has 1 unspecified atom stereocenters. The fourth-order valence-electron chi connectivity index (χ4n) is 3.85. The maximum Gasteiger partial charge on any atom is 0.325 e. The Hall–Kier alpha value is -3.67. The molecule has 1 N–H and O–H groups in total. The van der Waals surface area contributed by atoms with E-state index in [0.29, 0.717) is 12.1 Å². The van der Waals surface area contributed by atoms with Gasteiger partial charge in [-0.05, 0) is 41.8 Å². The summed E-state index contributed by atoms with van der Waals surface area (Å²) >= 11 is 0. The topological polar surface area (TPSA) is 69.7 Å². The number of hydrogen-bond donors (Lipinski definition) is 1. The highest BCUT2D eigenvalue weighted by molar-refractivity contribution is 6.09. The van der Waals surface area contributed by atoms with Gasteiger partial charge in [0.15, 0.2) is 0 Å². The lowest BCUT2D eigenvalue weighted by atomic mass is 9.90. The second-order valence-corrected chi connectivity index (χ2v) is 8.24. The molecule has 0 aromatic heterocycles. The Kier molecular flexibility index (Phi) is 5.23. The Balaban J connectivity index is 1.50. The normalized spacial score (nSPS) is 18.4. The van der Waals surface area contributed by atoms with Crippen LogP contribution in [0.15, 0.2) is 66.7 Å². The molecule has 1 aliphatic heterocycles. The SMILES string of the molecule is Cc1ccc(CN(C)C(=O)CN2C(=O)NC(C)(c3ccc4ccccc4c3)C2=O)cc1. The highest BCUT2D eigenvalue weighted by atomic mass is 16.2. The first-order valence-corrected chi connectivity index (χ1v) is 10.2. The Bertz CT molecular complexity index is 1170. The molecule has 6 heteroatoms. The van der Waals surface area contributed by atoms with Gasteiger partial charge in [0.1, 0.15) is 12.1 Å². The highest BCUT2D eigenvalue weighted by Gasteiger charge is 2.49. The first kappa shape index (κ1) is 20.6. The molecule has 3 aromatic rings. The maximum atomic E-state index is 13.2. The lowest BCUT2D eigenvalue weighted by molar-refractivity contribution is -0.138. The molecule has 0 saturated carbocycles. The van der Waals surface area contributed by atoms with Gasteiger partial charge in [-0.3, -0.25) is 14.5 Å². The summed E-state index contributed by atoms with van der Waals surface area (Å²) in [5.74, 6) is -0.725. The van der Waals surface area contributed by atoms with Crippen molar-refractivity contribution >= 4 is 28.6 Å². The molecule has 158 valence electrons. The molecule has 1 fully saturated rings. The van der Waals surface area contributed by atoms with Gasteiger partial charge in [0, 0.05) is 13.6 Å². The summed E-state index contributed by atoms with van der Waals surface area (Å²) in [4.78, 5) is 41.1. The van der Waals surface area contributed by atoms with E-state index in [1.54, 1.807) is 14.0 Å². The molecule has 0 aliphatic carbocycles. The van der Waals surface area contributed by atoms with E-state index in [9.17, 15) is 14.4 Å². The molecular weight excluding hydrogens is 390 g/mol. The number of imide groups is 1. The molecule has 31 heavy (non-hydrogen) atoms. The van der Waals surface area contributed by atoms with Crippen molar-refractivity contribution in [3.63, 3.8) is 0 Å². The number of nitrogens with one attached hydrogen (secondary N) is 1. The van der Waals surface area contributed by atoms with Crippen molar-refractivity contribution < 1.29 is 14.4 Å². The van der Waals surface area contributed by atoms with Crippen LogP contribution >= 0.6 is 0 Å². The Morgan fingerprint density at radius 3 is 2.39 bits per heavy atom. The molecule has 1 heterocycles. The number of urea groups is 1. The number of carbonyl (C=O) groups is 3. The number of rotatable bonds is 5. The van der Waals surface area contributed by atoms with E-state index in [1.807, 2.05) is 73.7 Å². The number of carbonyl (C=O) groups excluding carboxylic acids is 3. The standard InChI is InChI=1S/C25H25N3O3/c1-17-8-10-18(11-9-17)15-27(3)22(29)16-28-23(30)25(2,26-24(28)31)21-13-12-19-6-4-5-7-20(19)14-21/h4-14H,15-16H2,1-3H3,(H,26,31). The van der Waals surface area contributed by atoms with E-state index < -0.39 is 17.5 Å². The molecule has 0 radical (unpaired) electrons. The smallest absolute Gasteiger partial charge is 0.325 e. The van der Waals surface area contributed by atoms with Crippen LogP contribution in [0, 0.1) is 6.92 Å². The van der Waals surface area contributed by atoms with E-state index in [0.717, 1.165) is 26.8 Å². The molecule has 3 aromatic carbocycles. The third kappa shape index (κ3) is 3.89. The van der Waals surface area contributed by atoms with Crippen molar-refractivity contribution in [2.45, 2.75) is 25.9 Å². The average Bonchev–Trinajstić information content (AvgIpc) is 2.98. The highest BCUT2D eigenvalue weighted by Crippen LogP contribution is 2.31. The number of amides is 4. The van der Waals surface area contributed by atoms with Crippen molar-refractivity contribution in [1.82, 2.24) is 15.1 Å². The molecule has 4 amide bonds. The molecule has 0 spiro atoms. The number of hydrogen-bond acceptors (Lipinski definition) is 3. The van der Waals surface area contributed by atoms with Crippen LogP contribution in [0.5, 0.6) is 0 Å². The van der Waals surface area contributed by atoms with Crippen LogP contribution in [0.2, 0.25) is 0 Å². The largest absolute Gasteiger partial charge is 0.340 e. The Morgan fingerprint density at radius 2 is 1.68 bits per heavy atom. The zero-order valence-corrected chi connectivity index (χ0v) is 17.9. The molecule has 1 atom stereocenters. The summed E-state index contributed by atoms with van der Waals surface area (Å²) in [6, 6.07) is 20.8. The fourth-order valence-corrected chi connectivity index (χ4v) is 3.85. The van der Waals surface area contributed by atoms with Crippen LogP contribution in [0.4, 0.5) is 4.79 Å². The van der Waals surface area contributed by atoms with E-state index in [2.05, 4.69) is 5.32 Å². The van der Waals surface area contributed by atoms with Gasteiger partial charge in [0.05, 0.1) is 0 Å². The Morgan fingerprint density at radius 1 is 1.00 bits per heavy atom. The summed E-state index contributed by atoms with van der Waals surface area (Å²) in [5, 5.41) is 4.81. The first-order valence-electron chi connectivity index (χ1n) is 10.2. The van der Waals surface area contributed by atoms with Crippen LogP contribution in [0.25, 0.3) is 10.8 Å². The molecule has 1 saturated heterocycles. The summed E-state index contributed by atoms with van der Waals surface area (Å²) in [6.07, 6.45) is 0. The van der Waals surface area contributed by atoms with E-state index >= 15 is 0 Å². The van der Waals surface area contributed by atoms with Gasteiger partial charge in [0.2, 0.25) is 5.91 Å². The molecule has 0 bridgehead atoms. The first-order chi connectivity index (χ1) is 14.8. The number of benzene rings is 3. The monoisotopic (exact) mass is 415 g/mol. The summed E-state index contributed by atoms with van der Waals surface area (Å²) in [5.41, 5.74) is 1.61. The van der Waals surface area contributed by atoms with Crippen molar-refractivity contribution in [3.8, 4) is 0 Å². The third-order valence-electron chi connectivity index (χ3n) is 5.86. The molecule has 6 nitrogen and oxygen atoms in total. The summed E-state index contributed by atoms with van der Waals surface area (Å²) in [7, 11) is 1.67. The third-order valence-corrected chi connectivity index (χ3v) is 5.86. The molecule has 1 aliphatic rings. The van der Waals surface area contributed by atoms with Gasteiger partial charge >= 0.3 is 6.03 Å². The molecular formula is C25H25N3O3. The van der Waals surface area contributed by atoms with Crippen molar-refractivity contribution in [2.24, 2.45) is 0 Å².